The maximum atomic E-state index is 12.2. The minimum Gasteiger partial charge on any atom is -0.370 e. The molecule has 1 saturated heterocycles. The van der Waals surface area contributed by atoms with Crippen molar-refractivity contribution in [2.24, 2.45) is 10.7 Å². The average molecular weight is 535 g/mol. The Bertz CT molecular complexity index is 836. The van der Waals surface area contributed by atoms with Gasteiger partial charge in [-0.2, -0.15) is 0 Å². The second-order valence-corrected chi connectivity index (χ2v) is 9.52. The molecule has 0 radical (unpaired) electrons. The number of hydrogen-bond acceptors (Lipinski definition) is 6. The summed E-state index contributed by atoms with van der Waals surface area (Å²) in [6.07, 6.45) is 2.29. The number of piperazine rings is 1. The van der Waals surface area contributed by atoms with Gasteiger partial charge < -0.3 is 15.5 Å². The standard InChI is InChI=1S/C18H25N5O2S2.HI/c19-17(22-9-11-23(12-10-22)18-21-8-13-26-18)20-7-4-14-27(24,25)15-16-5-2-1-3-6-16;/h1-3,5-6,8,13H,4,7,9-12,14-15H2,(H2,19,20);1H. The SMILES string of the molecule is I.NC(=NCCCS(=O)(=O)Cc1ccccc1)N1CCN(c2nccs2)CC1. The lowest BCUT2D eigenvalue weighted by atomic mass is 10.2. The summed E-state index contributed by atoms with van der Waals surface area (Å²) in [6, 6.07) is 9.25. The van der Waals surface area contributed by atoms with Crippen LogP contribution in [0.5, 0.6) is 0 Å². The van der Waals surface area contributed by atoms with Crippen molar-refractivity contribution in [2.45, 2.75) is 12.2 Å². The highest BCUT2D eigenvalue weighted by molar-refractivity contribution is 14.0. The Morgan fingerprint density at radius 2 is 1.89 bits per heavy atom. The molecule has 1 aliphatic heterocycles. The van der Waals surface area contributed by atoms with Crippen LogP contribution >= 0.6 is 35.3 Å². The van der Waals surface area contributed by atoms with Gasteiger partial charge in [-0.3, -0.25) is 4.99 Å². The molecule has 2 heterocycles. The van der Waals surface area contributed by atoms with E-state index in [9.17, 15) is 8.42 Å². The molecule has 7 nitrogen and oxygen atoms in total. The first-order chi connectivity index (χ1) is 13.0. The van der Waals surface area contributed by atoms with Crippen molar-refractivity contribution in [3.8, 4) is 0 Å². The summed E-state index contributed by atoms with van der Waals surface area (Å²) in [6.45, 7) is 3.72. The molecule has 10 heteroatoms. The summed E-state index contributed by atoms with van der Waals surface area (Å²) in [5.41, 5.74) is 6.90. The average Bonchev–Trinajstić information content (AvgIpc) is 3.20. The summed E-state index contributed by atoms with van der Waals surface area (Å²) in [5.74, 6) is 0.691. The zero-order chi connectivity index (χ0) is 19.1. The van der Waals surface area contributed by atoms with Gasteiger partial charge in [0.2, 0.25) is 0 Å². The van der Waals surface area contributed by atoms with E-state index in [1.165, 1.54) is 0 Å². The van der Waals surface area contributed by atoms with Gasteiger partial charge in [-0.1, -0.05) is 30.3 Å². The number of aromatic nitrogens is 1. The van der Waals surface area contributed by atoms with Gasteiger partial charge in [0.25, 0.3) is 0 Å². The predicted molar refractivity (Wildman–Crippen MR) is 126 cm³/mol. The molecule has 0 saturated carbocycles. The van der Waals surface area contributed by atoms with Crippen LogP contribution in [0.4, 0.5) is 5.13 Å². The monoisotopic (exact) mass is 535 g/mol. The molecule has 0 amide bonds. The zero-order valence-corrected chi connectivity index (χ0v) is 19.6. The smallest absolute Gasteiger partial charge is 0.191 e. The number of aliphatic imine (C=N–C) groups is 1. The summed E-state index contributed by atoms with van der Waals surface area (Å²) in [4.78, 5) is 13.0. The first-order valence-electron chi connectivity index (χ1n) is 8.97. The third kappa shape index (κ3) is 6.89. The number of rotatable bonds is 7. The van der Waals surface area contributed by atoms with Crippen LogP contribution < -0.4 is 10.6 Å². The van der Waals surface area contributed by atoms with E-state index in [4.69, 9.17) is 5.73 Å². The van der Waals surface area contributed by atoms with Crippen molar-refractivity contribution in [1.29, 1.82) is 0 Å². The topological polar surface area (TPSA) is 91.9 Å². The number of nitrogens with zero attached hydrogens (tertiary/aromatic N) is 4. The molecule has 2 N–H and O–H groups in total. The maximum Gasteiger partial charge on any atom is 0.191 e. The van der Waals surface area contributed by atoms with Crippen molar-refractivity contribution in [2.75, 3.05) is 43.4 Å². The largest absolute Gasteiger partial charge is 0.370 e. The molecule has 1 fully saturated rings. The number of thiazole rings is 1. The van der Waals surface area contributed by atoms with E-state index in [-0.39, 0.29) is 35.5 Å². The Balaban J connectivity index is 0.00000280. The van der Waals surface area contributed by atoms with Gasteiger partial charge in [0.15, 0.2) is 20.9 Å². The van der Waals surface area contributed by atoms with Gasteiger partial charge in [-0.05, 0) is 12.0 Å². The quantitative estimate of drug-likeness (QED) is 0.253. The molecular formula is C18H26IN5O2S2. The lowest BCUT2D eigenvalue weighted by Gasteiger charge is -2.35. The molecule has 1 aromatic carbocycles. The Labute approximate surface area is 187 Å². The number of halogens is 1. The molecule has 0 aliphatic carbocycles. The lowest BCUT2D eigenvalue weighted by molar-refractivity contribution is 0.380. The van der Waals surface area contributed by atoms with Crippen LogP contribution in [0.15, 0.2) is 46.9 Å². The minimum atomic E-state index is -3.13. The fraction of sp³-hybridized carbons (Fsp3) is 0.444. The van der Waals surface area contributed by atoms with E-state index in [0.29, 0.717) is 18.9 Å². The van der Waals surface area contributed by atoms with Gasteiger partial charge in [0.1, 0.15) is 0 Å². The van der Waals surface area contributed by atoms with Crippen molar-refractivity contribution < 1.29 is 8.42 Å². The normalized spacial score (nSPS) is 15.4. The molecule has 2 aromatic rings. The molecule has 1 aromatic heterocycles. The van der Waals surface area contributed by atoms with Gasteiger partial charge in [0.05, 0.1) is 11.5 Å². The molecule has 0 bridgehead atoms. The molecule has 154 valence electrons. The van der Waals surface area contributed by atoms with Crippen LogP contribution in [0.1, 0.15) is 12.0 Å². The van der Waals surface area contributed by atoms with E-state index < -0.39 is 9.84 Å². The van der Waals surface area contributed by atoms with Crippen molar-refractivity contribution in [3.05, 3.63) is 47.5 Å². The third-order valence-electron chi connectivity index (χ3n) is 4.41. The number of anilines is 1. The van der Waals surface area contributed by atoms with Crippen molar-refractivity contribution in [1.82, 2.24) is 9.88 Å². The summed E-state index contributed by atoms with van der Waals surface area (Å²) >= 11 is 1.64. The Morgan fingerprint density at radius 1 is 1.18 bits per heavy atom. The van der Waals surface area contributed by atoms with E-state index in [1.54, 1.807) is 11.3 Å². The number of nitrogens with two attached hydrogens (primary N) is 1. The fourth-order valence-electron chi connectivity index (χ4n) is 2.98. The number of guanidine groups is 1. The van der Waals surface area contributed by atoms with Crippen LogP contribution in [-0.4, -0.2) is 62.7 Å². The molecular weight excluding hydrogens is 509 g/mol. The zero-order valence-electron chi connectivity index (χ0n) is 15.6. The summed E-state index contributed by atoms with van der Waals surface area (Å²) < 4.78 is 24.4. The Morgan fingerprint density at radius 3 is 2.54 bits per heavy atom. The second kappa shape index (κ2) is 11.0. The summed E-state index contributed by atoms with van der Waals surface area (Å²) in [7, 11) is -3.13. The highest BCUT2D eigenvalue weighted by Gasteiger charge is 2.19. The van der Waals surface area contributed by atoms with E-state index in [1.807, 2.05) is 46.8 Å². The summed E-state index contributed by atoms with van der Waals surface area (Å²) in [5, 5.41) is 3.01. The maximum absolute atomic E-state index is 12.2. The van der Waals surface area contributed by atoms with Gasteiger partial charge in [0, 0.05) is 44.3 Å². The third-order valence-corrected chi connectivity index (χ3v) is 6.93. The lowest BCUT2D eigenvalue weighted by Crippen LogP contribution is -2.51. The molecule has 0 atom stereocenters. The predicted octanol–water partition coefficient (Wildman–Crippen LogP) is 2.20. The molecule has 3 rings (SSSR count). The number of hydrogen-bond donors (Lipinski definition) is 1. The van der Waals surface area contributed by atoms with Crippen LogP contribution in [-0.2, 0) is 15.6 Å². The first-order valence-corrected chi connectivity index (χ1v) is 11.7. The van der Waals surface area contributed by atoms with Crippen LogP contribution in [0.25, 0.3) is 0 Å². The number of benzene rings is 1. The molecule has 1 aliphatic rings. The van der Waals surface area contributed by atoms with Gasteiger partial charge in [-0.25, -0.2) is 13.4 Å². The Kier molecular flexibility index (Phi) is 8.96. The molecule has 28 heavy (non-hydrogen) atoms. The molecule has 0 unspecified atom stereocenters. The minimum absolute atomic E-state index is 0. The second-order valence-electron chi connectivity index (χ2n) is 6.46. The van der Waals surface area contributed by atoms with E-state index >= 15 is 0 Å². The highest BCUT2D eigenvalue weighted by Crippen LogP contribution is 2.18. The number of sulfone groups is 1. The first kappa shape index (κ1) is 22.9. The van der Waals surface area contributed by atoms with Gasteiger partial charge >= 0.3 is 0 Å². The van der Waals surface area contributed by atoms with Gasteiger partial charge in [-0.15, -0.1) is 35.3 Å². The fourth-order valence-corrected chi connectivity index (χ4v) is 5.09. The van der Waals surface area contributed by atoms with E-state index in [2.05, 4.69) is 14.9 Å². The van der Waals surface area contributed by atoms with Crippen LogP contribution in [0, 0.1) is 0 Å². The van der Waals surface area contributed by atoms with E-state index in [0.717, 1.165) is 36.9 Å². The Hall–Kier alpha value is -1.40. The molecule has 0 spiro atoms. The van der Waals surface area contributed by atoms with Crippen LogP contribution in [0.3, 0.4) is 0 Å². The van der Waals surface area contributed by atoms with Crippen molar-refractivity contribution >= 4 is 56.2 Å². The van der Waals surface area contributed by atoms with Crippen LogP contribution in [0.2, 0.25) is 0 Å². The van der Waals surface area contributed by atoms with Crippen molar-refractivity contribution in [3.63, 3.8) is 0 Å². The highest BCUT2D eigenvalue weighted by atomic mass is 127.